The van der Waals surface area contributed by atoms with E-state index in [0.29, 0.717) is 0 Å². The van der Waals surface area contributed by atoms with E-state index in [1.165, 1.54) is 30.7 Å². The molecule has 1 saturated carbocycles. The van der Waals surface area contributed by atoms with E-state index in [-0.39, 0.29) is 23.2 Å². The van der Waals surface area contributed by atoms with E-state index in [1.54, 1.807) is 6.92 Å². The third-order valence-electron chi connectivity index (χ3n) is 4.03. The van der Waals surface area contributed by atoms with Crippen LogP contribution in [0.2, 0.25) is 0 Å². The lowest BCUT2D eigenvalue weighted by Crippen LogP contribution is -2.48. The summed E-state index contributed by atoms with van der Waals surface area (Å²) in [5, 5.41) is 16.2. The van der Waals surface area contributed by atoms with Crippen LogP contribution in [0.4, 0.5) is 5.69 Å². The molecule has 0 aliphatic heterocycles. The molecule has 2 rings (SSSR count). The molecule has 1 aromatic rings. The molecule has 7 nitrogen and oxygen atoms in total. The van der Waals surface area contributed by atoms with Gasteiger partial charge < -0.3 is 10.6 Å². The number of amides is 2. The molecule has 0 spiro atoms. The van der Waals surface area contributed by atoms with Crippen molar-refractivity contribution in [3.8, 4) is 0 Å². The monoisotopic (exact) mass is 319 g/mol. The molecule has 2 N–H and O–H groups in total. The van der Waals surface area contributed by atoms with Crippen molar-refractivity contribution < 1.29 is 14.5 Å². The molecule has 2 amide bonds. The molecule has 0 radical (unpaired) electrons. The number of nitro benzene ring substituents is 1. The summed E-state index contributed by atoms with van der Waals surface area (Å²) in [6, 6.07) is 4.82. The number of hydrogen-bond acceptors (Lipinski definition) is 4. The summed E-state index contributed by atoms with van der Waals surface area (Å²) in [4.78, 5) is 34.2. The van der Waals surface area contributed by atoms with Gasteiger partial charge in [0.15, 0.2) is 0 Å². The second kappa shape index (κ2) is 7.71. The Hall–Kier alpha value is -2.44. The van der Waals surface area contributed by atoms with Gasteiger partial charge in [-0.2, -0.15) is 0 Å². The largest absolute Gasteiger partial charge is 0.352 e. The van der Waals surface area contributed by atoms with Crippen LogP contribution >= 0.6 is 0 Å². The zero-order valence-electron chi connectivity index (χ0n) is 13.1. The number of nitrogens with one attached hydrogen (secondary N) is 2. The van der Waals surface area contributed by atoms with Gasteiger partial charge in [0.05, 0.1) is 4.92 Å². The number of hydrogen-bond donors (Lipinski definition) is 2. The Morgan fingerprint density at radius 2 is 1.78 bits per heavy atom. The second-order valence-corrected chi connectivity index (χ2v) is 5.84. The summed E-state index contributed by atoms with van der Waals surface area (Å²) >= 11 is 0. The zero-order chi connectivity index (χ0) is 16.8. The van der Waals surface area contributed by atoms with Crippen LogP contribution in [-0.4, -0.2) is 28.8 Å². The molecule has 0 heterocycles. The van der Waals surface area contributed by atoms with E-state index in [2.05, 4.69) is 10.6 Å². The SMILES string of the molecule is C[C@H](NC(=O)c1ccc([N+](=O)[O-])cc1)C(=O)NC1CCCCC1. The highest BCUT2D eigenvalue weighted by atomic mass is 16.6. The zero-order valence-corrected chi connectivity index (χ0v) is 13.1. The molecule has 1 fully saturated rings. The minimum absolute atomic E-state index is 0.0790. The maximum Gasteiger partial charge on any atom is 0.269 e. The Kier molecular flexibility index (Phi) is 5.67. The van der Waals surface area contributed by atoms with Crippen LogP contribution in [0.1, 0.15) is 49.4 Å². The number of carbonyl (C=O) groups excluding carboxylic acids is 2. The summed E-state index contributed by atoms with van der Waals surface area (Å²) in [6.45, 7) is 1.63. The topological polar surface area (TPSA) is 101 Å². The van der Waals surface area contributed by atoms with Crippen LogP contribution in [0, 0.1) is 10.1 Å². The first-order valence-electron chi connectivity index (χ1n) is 7.83. The lowest BCUT2D eigenvalue weighted by Gasteiger charge is -2.24. The summed E-state index contributed by atoms with van der Waals surface area (Å²) in [5.41, 5.74) is 0.206. The first-order chi connectivity index (χ1) is 11.0. The van der Waals surface area contributed by atoms with Crippen molar-refractivity contribution in [2.24, 2.45) is 0 Å². The first kappa shape index (κ1) is 16.9. The maximum atomic E-state index is 12.1. The number of carbonyl (C=O) groups is 2. The second-order valence-electron chi connectivity index (χ2n) is 5.84. The Labute approximate surface area is 134 Å². The van der Waals surface area contributed by atoms with E-state index in [1.807, 2.05) is 0 Å². The van der Waals surface area contributed by atoms with E-state index < -0.39 is 16.9 Å². The van der Waals surface area contributed by atoms with Crippen LogP contribution in [-0.2, 0) is 4.79 Å². The van der Waals surface area contributed by atoms with Crippen LogP contribution < -0.4 is 10.6 Å². The molecule has 23 heavy (non-hydrogen) atoms. The number of nitrogens with zero attached hydrogens (tertiary/aromatic N) is 1. The van der Waals surface area contributed by atoms with Crippen LogP contribution in [0.15, 0.2) is 24.3 Å². The van der Waals surface area contributed by atoms with Crippen molar-refractivity contribution in [1.29, 1.82) is 0 Å². The van der Waals surface area contributed by atoms with Gasteiger partial charge in [0.2, 0.25) is 5.91 Å². The fraction of sp³-hybridized carbons (Fsp3) is 0.500. The van der Waals surface area contributed by atoms with Crippen molar-refractivity contribution in [2.45, 2.75) is 51.1 Å². The number of benzene rings is 1. The molecule has 7 heteroatoms. The quantitative estimate of drug-likeness (QED) is 0.641. The van der Waals surface area contributed by atoms with Crippen molar-refractivity contribution in [2.75, 3.05) is 0 Å². The lowest BCUT2D eigenvalue weighted by atomic mass is 9.95. The molecule has 1 aromatic carbocycles. The molecular weight excluding hydrogens is 298 g/mol. The van der Waals surface area contributed by atoms with E-state index in [0.717, 1.165) is 25.7 Å². The molecule has 1 atom stereocenters. The molecule has 0 saturated heterocycles. The van der Waals surface area contributed by atoms with Crippen LogP contribution in [0.3, 0.4) is 0 Å². The maximum absolute atomic E-state index is 12.1. The van der Waals surface area contributed by atoms with Crippen molar-refractivity contribution in [3.63, 3.8) is 0 Å². The minimum atomic E-state index is -0.653. The number of rotatable bonds is 5. The third kappa shape index (κ3) is 4.77. The molecule has 0 bridgehead atoms. The normalized spacial score (nSPS) is 16.4. The van der Waals surface area contributed by atoms with Gasteiger partial charge in [-0.1, -0.05) is 19.3 Å². The average molecular weight is 319 g/mol. The van der Waals surface area contributed by atoms with Gasteiger partial charge in [-0.3, -0.25) is 19.7 Å². The predicted octanol–water partition coefficient (Wildman–Crippen LogP) is 2.16. The highest BCUT2D eigenvalue weighted by molar-refractivity contribution is 5.97. The fourth-order valence-electron chi connectivity index (χ4n) is 2.65. The van der Waals surface area contributed by atoms with Crippen molar-refractivity contribution in [3.05, 3.63) is 39.9 Å². The molecular formula is C16H21N3O4. The highest BCUT2D eigenvalue weighted by Crippen LogP contribution is 2.17. The van der Waals surface area contributed by atoms with Crippen LogP contribution in [0.5, 0.6) is 0 Å². The Bertz CT molecular complexity index is 579. The fourth-order valence-corrected chi connectivity index (χ4v) is 2.65. The van der Waals surface area contributed by atoms with Gasteiger partial charge in [0, 0.05) is 23.7 Å². The number of nitro groups is 1. The van der Waals surface area contributed by atoms with Gasteiger partial charge in [-0.25, -0.2) is 0 Å². The molecule has 1 aliphatic rings. The summed E-state index contributed by atoms with van der Waals surface area (Å²) < 4.78 is 0. The van der Waals surface area contributed by atoms with Gasteiger partial charge >= 0.3 is 0 Å². The Balaban J connectivity index is 1.87. The summed E-state index contributed by atoms with van der Waals surface area (Å²) in [5.74, 6) is -0.627. The average Bonchev–Trinajstić information content (AvgIpc) is 2.55. The van der Waals surface area contributed by atoms with Crippen molar-refractivity contribution >= 4 is 17.5 Å². The number of non-ortho nitro benzene ring substituents is 1. The van der Waals surface area contributed by atoms with Gasteiger partial charge in [0.1, 0.15) is 6.04 Å². The van der Waals surface area contributed by atoms with Gasteiger partial charge in [0.25, 0.3) is 11.6 Å². The Morgan fingerprint density at radius 3 is 2.35 bits per heavy atom. The minimum Gasteiger partial charge on any atom is -0.352 e. The molecule has 124 valence electrons. The summed E-state index contributed by atoms with van der Waals surface area (Å²) in [6.07, 6.45) is 5.41. The molecule has 1 aliphatic carbocycles. The van der Waals surface area contributed by atoms with E-state index >= 15 is 0 Å². The smallest absolute Gasteiger partial charge is 0.269 e. The van der Waals surface area contributed by atoms with E-state index in [4.69, 9.17) is 0 Å². The van der Waals surface area contributed by atoms with E-state index in [9.17, 15) is 19.7 Å². The molecule has 0 unspecified atom stereocenters. The lowest BCUT2D eigenvalue weighted by molar-refractivity contribution is -0.384. The molecule has 0 aromatic heterocycles. The Morgan fingerprint density at radius 1 is 1.17 bits per heavy atom. The van der Waals surface area contributed by atoms with Crippen LogP contribution in [0.25, 0.3) is 0 Å². The highest BCUT2D eigenvalue weighted by Gasteiger charge is 2.21. The van der Waals surface area contributed by atoms with Gasteiger partial charge in [-0.05, 0) is 31.9 Å². The predicted molar refractivity (Wildman–Crippen MR) is 85.0 cm³/mol. The summed E-state index contributed by atoms with van der Waals surface area (Å²) in [7, 11) is 0. The van der Waals surface area contributed by atoms with Crippen molar-refractivity contribution in [1.82, 2.24) is 10.6 Å². The third-order valence-corrected chi connectivity index (χ3v) is 4.03. The first-order valence-corrected chi connectivity index (χ1v) is 7.83. The van der Waals surface area contributed by atoms with Gasteiger partial charge in [-0.15, -0.1) is 0 Å². The standard InChI is InChI=1S/C16H21N3O4/c1-11(15(20)18-13-5-3-2-4-6-13)17-16(21)12-7-9-14(10-8-12)19(22)23/h7-11,13H,2-6H2,1H3,(H,17,21)(H,18,20)/t11-/m0/s1.